The van der Waals surface area contributed by atoms with E-state index in [4.69, 9.17) is 0 Å². The van der Waals surface area contributed by atoms with E-state index in [9.17, 15) is 0 Å². The molecule has 4 aromatic rings. The fraction of sp³-hybridized carbons (Fsp3) is 0.115. The molecular weight excluding hydrogens is 419 g/mol. The zero-order chi connectivity index (χ0) is 17.1. The molecule has 132 valence electrons. The molecule has 0 N–H and O–H groups in total. The zero-order valence-corrected chi connectivity index (χ0v) is 16.3. The largest absolute Gasteiger partial charge is 2.00 e. The molecule has 7 rings (SSSR count). The summed E-state index contributed by atoms with van der Waals surface area (Å²) in [6.07, 6.45) is 2.57. The maximum absolute atomic E-state index is 3.50. The van der Waals surface area contributed by atoms with E-state index >= 15 is 0 Å². The van der Waals surface area contributed by atoms with E-state index in [0.717, 1.165) is 0 Å². The van der Waals surface area contributed by atoms with Crippen LogP contribution in [0.4, 0.5) is 0 Å². The Hall–Kier alpha value is -2.20. The summed E-state index contributed by atoms with van der Waals surface area (Å²) in [6, 6.07) is 34.5. The number of hydrogen-bond acceptors (Lipinski definition) is 0. The van der Waals surface area contributed by atoms with E-state index in [2.05, 4.69) is 91.3 Å². The third kappa shape index (κ3) is 2.39. The van der Waals surface area contributed by atoms with Gasteiger partial charge in [-0.15, -0.1) is 52.6 Å². The van der Waals surface area contributed by atoms with Crippen LogP contribution in [0.25, 0.3) is 10.8 Å². The van der Waals surface area contributed by atoms with Crippen LogP contribution in [0.2, 0.25) is 0 Å². The second-order valence-electron chi connectivity index (χ2n) is 7.41. The number of hydrogen-bond donors (Lipinski definition) is 0. The van der Waals surface area contributed by atoms with Crippen LogP contribution in [-0.4, -0.2) is 0 Å². The molecule has 0 heterocycles. The quantitative estimate of drug-likeness (QED) is 0.245. The summed E-state index contributed by atoms with van der Waals surface area (Å²) in [5.41, 5.74) is 7.36. The van der Waals surface area contributed by atoms with E-state index < -0.39 is 0 Å². The first kappa shape index (κ1) is 16.9. The molecular formula is C26H18Pd. The first-order valence-corrected chi connectivity index (χ1v) is 9.34. The van der Waals surface area contributed by atoms with Gasteiger partial charge in [0.2, 0.25) is 0 Å². The van der Waals surface area contributed by atoms with Crippen molar-refractivity contribution in [2.45, 2.75) is 17.8 Å². The maximum atomic E-state index is 3.50. The minimum absolute atomic E-state index is 0. The van der Waals surface area contributed by atoms with Crippen LogP contribution in [0, 0.1) is 12.5 Å². The monoisotopic (exact) mass is 436 g/mol. The van der Waals surface area contributed by atoms with Crippen LogP contribution in [0.1, 0.15) is 45.6 Å². The standard InChI is InChI=1S/C26H18.Pd/c1-2-10-18-17(8-1)9-7-15-19(18)25-16-24-20-11-3-5-13-22(20)26(25)23-14-6-4-12-21(23)24;/h1-9,11-16,24-26H;/q-2;+2. The Labute approximate surface area is 173 Å². The van der Waals surface area contributed by atoms with Gasteiger partial charge in [0.25, 0.3) is 0 Å². The van der Waals surface area contributed by atoms with E-state index in [1.807, 2.05) is 6.07 Å². The third-order valence-corrected chi connectivity index (χ3v) is 6.18. The summed E-state index contributed by atoms with van der Waals surface area (Å²) in [5, 5.41) is 2.54. The Kier molecular flexibility index (Phi) is 4.05. The smallest absolute Gasteiger partial charge is 0.317 e. The van der Waals surface area contributed by atoms with E-state index in [-0.39, 0.29) is 20.4 Å². The second-order valence-corrected chi connectivity index (χ2v) is 7.41. The molecule has 1 heteroatoms. The Bertz CT molecular complexity index is 1090. The van der Waals surface area contributed by atoms with Crippen LogP contribution in [0.3, 0.4) is 0 Å². The van der Waals surface area contributed by atoms with Gasteiger partial charge in [0.15, 0.2) is 0 Å². The molecule has 0 nitrogen and oxygen atoms in total. The predicted molar refractivity (Wildman–Crippen MR) is 106 cm³/mol. The molecule has 0 aliphatic heterocycles. The minimum Gasteiger partial charge on any atom is -0.317 e. The van der Waals surface area contributed by atoms with Crippen molar-refractivity contribution in [3.63, 3.8) is 0 Å². The Balaban J connectivity index is 0.00000160. The molecule has 0 radical (unpaired) electrons. The van der Waals surface area contributed by atoms with Crippen molar-refractivity contribution in [1.82, 2.24) is 0 Å². The third-order valence-electron chi connectivity index (χ3n) is 6.18. The Morgan fingerprint density at radius 3 is 1.93 bits per heavy atom. The van der Waals surface area contributed by atoms with Crippen molar-refractivity contribution in [2.24, 2.45) is 0 Å². The Morgan fingerprint density at radius 2 is 1.22 bits per heavy atom. The molecule has 0 fully saturated rings. The van der Waals surface area contributed by atoms with Gasteiger partial charge in [0.1, 0.15) is 0 Å². The molecule has 0 aromatic heterocycles. The molecule has 3 aliphatic carbocycles. The molecule has 0 saturated carbocycles. The number of fused-ring (bicyclic) bond motifs is 2. The molecule has 1 atom stereocenters. The van der Waals surface area contributed by atoms with Crippen molar-refractivity contribution < 1.29 is 20.4 Å². The summed E-state index contributed by atoms with van der Waals surface area (Å²) >= 11 is 0. The van der Waals surface area contributed by atoms with Gasteiger partial charge in [-0.05, 0) is 17.0 Å². The van der Waals surface area contributed by atoms with E-state index in [0.29, 0.717) is 17.8 Å². The molecule has 0 saturated heterocycles. The summed E-state index contributed by atoms with van der Waals surface area (Å²) in [6.45, 7) is 0. The van der Waals surface area contributed by atoms with Crippen molar-refractivity contribution in [2.75, 3.05) is 0 Å². The van der Waals surface area contributed by atoms with Crippen LogP contribution in [-0.2, 0) is 20.4 Å². The molecule has 4 aromatic carbocycles. The van der Waals surface area contributed by atoms with Crippen LogP contribution >= 0.6 is 0 Å². The second kappa shape index (κ2) is 6.45. The average molecular weight is 437 g/mol. The van der Waals surface area contributed by atoms with Gasteiger partial charge >= 0.3 is 20.4 Å². The normalized spacial score (nSPS) is 22.0. The van der Waals surface area contributed by atoms with Crippen molar-refractivity contribution in [3.05, 3.63) is 125 Å². The average Bonchev–Trinajstić information content (AvgIpc) is 2.73. The summed E-state index contributed by atoms with van der Waals surface area (Å²) in [5.74, 6) is 1.18. The molecule has 1 unspecified atom stereocenters. The Morgan fingerprint density at radius 1 is 0.630 bits per heavy atom. The van der Waals surface area contributed by atoms with Gasteiger partial charge in [0.05, 0.1) is 0 Å². The van der Waals surface area contributed by atoms with E-state index in [1.165, 1.54) is 38.6 Å². The van der Waals surface area contributed by atoms with Crippen LogP contribution < -0.4 is 0 Å². The topological polar surface area (TPSA) is 0 Å². The fourth-order valence-corrected chi connectivity index (χ4v) is 5.14. The summed E-state index contributed by atoms with van der Waals surface area (Å²) in [7, 11) is 0. The fourth-order valence-electron chi connectivity index (χ4n) is 5.14. The van der Waals surface area contributed by atoms with Crippen molar-refractivity contribution >= 4 is 10.8 Å². The van der Waals surface area contributed by atoms with Crippen molar-refractivity contribution in [3.8, 4) is 0 Å². The molecule has 0 spiro atoms. The van der Waals surface area contributed by atoms with E-state index in [1.54, 1.807) is 0 Å². The molecule has 0 amide bonds. The number of benzene rings is 4. The minimum atomic E-state index is 0. The van der Waals surface area contributed by atoms with Gasteiger partial charge in [-0.2, -0.15) is 5.92 Å². The van der Waals surface area contributed by atoms with Gasteiger partial charge < -0.3 is 6.42 Å². The van der Waals surface area contributed by atoms with Crippen molar-refractivity contribution in [1.29, 1.82) is 0 Å². The molecule has 27 heavy (non-hydrogen) atoms. The molecule has 3 aliphatic rings. The van der Waals surface area contributed by atoms with Gasteiger partial charge in [-0.25, -0.2) is 0 Å². The predicted octanol–water partition coefficient (Wildman–Crippen LogP) is 6.22. The maximum Gasteiger partial charge on any atom is 2.00 e. The van der Waals surface area contributed by atoms with Gasteiger partial charge in [-0.3, -0.25) is 0 Å². The van der Waals surface area contributed by atoms with Gasteiger partial charge in [0, 0.05) is 0 Å². The van der Waals surface area contributed by atoms with Crippen LogP contribution in [0.15, 0.2) is 84.9 Å². The first-order valence-electron chi connectivity index (χ1n) is 9.34. The molecule has 2 bridgehead atoms. The summed E-state index contributed by atoms with van der Waals surface area (Å²) in [4.78, 5) is 0. The SMILES string of the molecule is [Pd+2].[c-]1cccc2cccc(C3[CH-]C4c5ccccc5C3c3ccccc34)c12. The number of rotatable bonds is 1. The summed E-state index contributed by atoms with van der Waals surface area (Å²) < 4.78 is 0. The zero-order valence-electron chi connectivity index (χ0n) is 14.7. The van der Waals surface area contributed by atoms with Gasteiger partial charge in [-0.1, -0.05) is 71.8 Å². The first-order chi connectivity index (χ1) is 12.9. The van der Waals surface area contributed by atoms with Crippen LogP contribution in [0.5, 0.6) is 0 Å².